The van der Waals surface area contributed by atoms with E-state index in [-0.39, 0.29) is 17.1 Å². The number of hydrogen-bond acceptors (Lipinski definition) is 6. The van der Waals surface area contributed by atoms with Crippen LogP contribution in [0.15, 0.2) is 41.3 Å². The molecule has 0 spiro atoms. The molecule has 2 aliphatic heterocycles. The van der Waals surface area contributed by atoms with E-state index in [1.165, 1.54) is 12.1 Å². The molecule has 1 aliphatic carbocycles. The first-order valence-electron chi connectivity index (χ1n) is 8.85. The molecule has 0 bridgehead atoms. The fourth-order valence-corrected chi connectivity index (χ4v) is 4.59. The summed E-state index contributed by atoms with van der Waals surface area (Å²) in [5, 5.41) is 0. The predicted molar refractivity (Wildman–Crippen MR) is 96.1 cm³/mol. The third-order valence-electron chi connectivity index (χ3n) is 5.26. The summed E-state index contributed by atoms with van der Waals surface area (Å²) < 4.78 is 49.9. The quantitative estimate of drug-likeness (QED) is 0.844. The van der Waals surface area contributed by atoms with E-state index in [0.29, 0.717) is 31.3 Å². The predicted octanol–water partition coefficient (Wildman–Crippen LogP) is 2.20. The third kappa shape index (κ3) is 2.98. The van der Waals surface area contributed by atoms with Gasteiger partial charge in [-0.15, -0.1) is 0 Å². The Morgan fingerprint density at radius 1 is 0.852 bits per heavy atom. The van der Waals surface area contributed by atoms with E-state index in [1.807, 2.05) is 18.2 Å². The molecule has 0 unspecified atom stereocenters. The highest BCUT2D eigenvalue weighted by molar-refractivity contribution is 7.89. The van der Waals surface area contributed by atoms with Gasteiger partial charge in [0, 0.05) is 18.0 Å². The van der Waals surface area contributed by atoms with Crippen LogP contribution in [0, 0.1) is 0 Å². The topological polar surface area (TPSA) is 83.1 Å². The van der Waals surface area contributed by atoms with Crippen molar-refractivity contribution in [3.63, 3.8) is 0 Å². The van der Waals surface area contributed by atoms with Crippen molar-refractivity contribution in [2.24, 2.45) is 0 Å². The zero-order valence-corrected chi connectivity index (χ0v) is 15.4. The smallest absolute Gasteiger partial charge is 0.240 e. The molecule has 7 nitrogen and oxygen atoms in total. The summed E-state index contributed by atoms with van der Waals surface area (Å²) in [5.74, 6) is 2.47. The summed E-state index contributed by atoms with van der Waals surface area (Å²) in [5.41, 5.74) is 0.874. The van der Waals surface area contributed by atoms with Crippen LogP contribution in [-0.2, 0) is 15.4 Å². The zero-order chi connectivity index (χ0) is 18.5. The van der Waals surface area contributed by atoms with Crippen LogP contribution in [0.1, 0.15) is 18.4 Å². The molecule has 0 aromatic heterocycles. The normalized spacial score (nSPS) is 19.0. The minimum Gasteiger partial charge on any atom is -0.486 e. The number of sulfonamides is 1. The van der Waals surface area contributed by atoms with Gasteiger partial charge in [0.05, 0.1) is 4.90 Å². The van der Waals surface area contributed by atoms with Crippen LogP contribution < -0.4 is 23.7 Å². The highest BCUT2D eigenvalue weighted by Gasteiger charge is 2.45. The summed E-state index contributed by atoms with van der Waals surface area (Å²) in [6.07, 6.45) is 1.85. The number of rotatable bonds is 5. The summed E-state index contributed by atoms with van der Waals surface area (Å²) in [7, 11) is -3.64. The molecule has 1 N–H and O–H groups in total. The molecule has 1 saturated carbocycles. The molecule has 0 atom stereocenters. The van der Waals surface area contributed by atoms with E-state index in [4.69, 9.17) is 18.9 Å². The Hall–Kier alpha value is -2.45. The molecule has 2 aromatic carbocycles. The maximum absolute atomic E-state index is 12.7. The van der Waals surface area contributed by atoms with Crippen molar-refractivity contribution >= 4 is 10.0 Å². The highest BCUT2D eigenvalue weighted by atomic mass is 32.2. The van der Waals surface area contributed by atoms with Crippen molar-refractivity contribution in [2.45, 2.75) is 23.2 Å². The van der Waals surface area contributed by atoms with Gasteiger partial charge < -0.3 is 18.9 Å². The van der Waals surface area contributed by atoms with E-state index in [1.54, 1.807) is 6.07 Å². The first kappa shape index (κ1) is 16.7. The molecule has 0 amide bonds. The van der Waals surface area contributed by atoms with Crippen LogP contribution in [0.4, 0.5) is 0 Å². The molecule has 3 aliphatic rings. The Balaban J connectivity index is 1.34. The average molecular weight is 389 g/mol. The maximum Gasteiger partial charge on any atom is 0.240 e. The maximum atomic E-state index is 12.7. The Bertz CT molecular complexity index is 999. The largest absolute Gasteiger partial charge is 0.486 e. The second-order valence-electron chi connectivity index (χ2n) is 6.98. The summed E-state index contributed by atoms with van der Waals surface area (Å²) >= 11 is 0. The van der Waals surface area contributed by atoms with Crippen molar-refractivity contribution in [1.82, 2.24) is 4.72 Å². The molecular weight excluding hydrogens is 370 g/mol. The Kier molecular flexibility index (Phi) is 3.73. The molecule has 1 fully saturated rings. The molecule has 142 valence electrons. The lowest BCUT2D eigenvalue weighted by atomic mass is 9.96. The second kappa shape index (κ2) is 6.03. The van der Waals surface area contributed by atoms with Gasteiger partial charge in [-0.2, -0.15) is 0 Å². The van der Waals surface area contributed by atoms with Crippen molar-refractivity contribution in [2.75, 3.05) is 26.6 Å². The van der Waals surface area contributed by atoms with Gasteiger partial charge in [0.15, 0.2) is 23.0 Å². The van der Waals surface area contributed by atoms with Gasteiger partial charge in [-0.25, -0.2) is 13.1 Å². The molecule has 0 radical (unpaired) electrons. The summed E-state index contributed by atoms with van der Waals surface area (Å²) in [4.78, 5) is 0.171. The zero-order valence-electron chi connectivity index (χ0n) is 14.6. The standard InChI is InChI=1S/C19H19NO6S/c21-27(22,14-2-4-16-18(10-14)26-12-25-16)20-11-19(5-6-19)13-1-3-15-17(9-13)24-8-7-23-15/h1-4,9-10,20H,5-8,11-12H2. The summed E-state index contributed by atoms with van der Waals surface area (Å²) in [6, 6.07) is 10.5. The van der Waals surface area contributed by atoms with Crippen molar-refractivity contribution in [3.05, 3.63) is 42.0 Å². The number of hydrogen-bond donors (Lipinski definition) is 1. The van der Waals surface area contributed by atoms with Gasteiger partial charge in [0.25, 0.3) is 0 Å². The highest BCUT2D eigenvalue weighted by Crippen LogP contribution is 2.50. The van der Waals surface area contributed by atoms with Gasteiger partial charge >= 0.3 is 0 Å². The number of nitrogens with one attached hydrogen (secondary N) is 1. The van der Waals surface area contributed by atoms with Gasteiger partial charge in [-0.1, -0.05) is 6.07 Å². The van der Waals surface area contributed by atoms with E-state index >= 15 is 0 Å². The number of fused-ring (bicyclic) bond motifs is 2. The van der Waals surface area contributed by atoms with Gasteiger partial charge in [0.1, 0.15) is 13.2 Å². The summed E-state index contributed by atoms with van der Waals surface area (Å²) in [6.45, 7) is 1.52. The SMILES string of the molecule is O=S(=O)(NCC1(c2ccc3c(c2)OCCO3)CC1)c1ccc2c(c1)OCO2. The molecule has 27 heavy (non-hydrogen) atoms. The van der Waals surface area contributed by atoms with Crippen LogP contribution in [0.2, 0.25) is 0 Å². The Morgan fingerprint density at radius 2 is 1.52 bits per heavy atom. The van der Waals surface area contributed by atoms with Crippen LogP contribution in [0.5, 0.6) is 23.0 Å². The Labute approximate surface area is 157 Å². The van der Waals surface area contributed by atoms with Gasteiger partial charge in [0.2, 0.25) is 16.8 Å². The minimum atomic E-state index is -3.64. The molecule has 2 heterocycles. The van der Waals surface area contributed by atoms with E-state index in [2.05, 4.69) is 4.72 Å². The van der Waals surface area contributed by atoms with Gasteiger partial charge in [-0.3, -0.25) is 0 Å². The van der Waals surface area contributed by atoms with Crippen molar-refractivity contribution in [1.29, 1.82) is 0 Å². The molecule has 8 heteroatoms. The second-order valence-corrected chi connectivity index (χ2v) is 8.75. The molecular formula is C19H19NO6S. The van der Waals surface area contributed by atoms with Crippen LogP contribution in [-0.4, -0.2) is 35.0 Å². The molecule has 5 rings (SSSR count). The number of benzene rings is 2. The average Bonchev–Trinajstić information content (AvgIpc) is 3.34. The van der Waals surface area contributed by atoms with E-state index in [0.717, 1.165) is 29.9 Å². The fraction of sp³-hybridized carbons (Fsp3) is 0.368. The van der Waals surface area contributed by atoms with Crippen LogP contribution in [0.3, 0.4) is 0 Å². The lowest BCUT2D eigenvalue weighted by Gasteiger charge is -2.22. The first-order valence-corrected chi connectivity index (χ1v) is 10.3. The first-order chi connectivity index (χ1) is 13.1. The van der Waals surface area contributed by atoms with Crippen molar-refractivity contribution in [3.8, 4) is 23.0 Å². The molecule has 0 saturated heterocycles. The van der Waals surface area contributed by atoms with Crippen molar-refractivity contribution < 1.29 is 27.4 Å². The molecule has 2 aromatic rings. The van der Waals surface area contributed by atoms with Crippen LogP contribution >= 0.6 is 0 Å². The number of ether oxygens (including phenoxy) is 4. The monoisotopic (exact) mass is 389 g/mol. The minimum absolute atomic E-state index is 0.111. The Morgan fingerprint density at radius 3 is 2.33 bits per heavy atom. The van der Waals surface area contributed by atoms with E-state index < -0.39 is 10.0 Å². The third-order valence-corrected chi connectivity index (χ3v) is 6.66. The lowest BCUT2D eigenvalue weighted by molar-refractivity contribution is 0.171. The lowest BCUT2D eigenvalue weighted by Crippen LogP contribution is -2.32. The van der Waals surface area contributed by atoms with Crippen LogP contribution in [0.25, 0.3) is 0 Å². The fourth-order valence-electron chi connectivity index (χ4n) is 3.45. The van der Waals surface area contributed by atoms with Gasteiger partial charge in [-0.05, 0) is 42.7 Å². The van der Waals surface area contributed by atoms with E-state index in [9.17, 15) is 8.42 Å².